The number of amides is 13. The van der Waals surface area contributed by atoms with E-state index in [-0.39, 0.29) is 89.0 Å². The maximum absolute atomic E-state index is 14.5. The quantitative estimate of drug-likeness (QED) is 0.0122. The number of aromatic nitrogens is 3. The predicted octanol–water partition coefficient (Wildman–Crippen LogP) is -1.11. The molecule has 13 amide bonds. The summed E-state index contributed by atoms with van der Waals surface area (Å²) in [5.74, 6) is -13.2. The van der Waals surface area contributed by atoms with E-state index in [1.54, 1.807) is 50.4 Å². The summed E-state index contributed by atoms with van der Waals surface area (Å²) in [5.41, 5.74) is 19.1. The van der Waals surface area contributed by atoms with Crippen LogP contribution < -0.4 is 91.7 Å². The molecule has 3 heterocycles. The van der Waals surface area contributed by atoms with Gasteiger partial charge >= 0.3 is 5.97 Å². The average molecular weight is 1660 g/mol. The summed E-state index contributed by atoms with van der Waals surface area (Å²) in [6, 6.07) is 7.33. The third-order valence-electron chi connectivity index (χ3n) is 18.4. The maximum atomic E-state index is 14.5. The molecule has 3 aromatic carbocycles. The topological polar surface area (TPSA) is 609 Å². The van der Waals surface area contributed by atoms with E-state index in [0.29, 0.717) is 57.3 Å². The number of fused-ring (bicyclic) bond motifs is 3. The number of carboxylic acid groups (broad SMARTS) is 1. The van der Waals surface area contributed by atoms with Gasteiger partial charge in [-0.15, -0.1) is 0 Å². The Bertz CT molecular complexity index is 4790. The number of H-pyrrole nitrogens is 2. The minimum absolute atomic E-state index is 0.124. The molecular weight excluding hydrogens is 1560 g/mol. The van der Waals surface area contributed by atoms with Gasteiger partial charge in [-0.1, -0.05) is 52.0 Å². The number of aromatic carboxylic acids is 1. The molecule has 1 aliphatic carbocycles. The Morgan fingerprint density at radius 3 is 1.84 bits per heavy atom. The fourth-order valence-electron chi connectivity index (χ4n) is 12.4. The Morgan fingerprint density at radius 2 is 1.21 bits per heavy atom. The van der Waals surface area contributed by atoms with Crippen LogP contribution in [0.2, 0.25) is 0 Å². The molecule has 0 saturated carbocycles. The lowest BCUT2D eigenvalue weighted by Crippen LogP contribution is -2.59. The highest BCUT2D eigenvalue weighted by Crippen LogP contribution is 2.42. The number of aliphatic hydroxyl groups excluding tert-OH is 1. The summed E-state index contributed by atoms with van der Waals surface area (Å²) >= 11 is 7.01. The molecule has 0 bridgehead atoms. The second kappa shape index (κ2) is 44.4. The zero-order valence-corrected chi connectivity index (χ0v) is 66.7. The number of primary amides is 2. The number of aromatic hydroxyl groups is 1. The monoisotopic (exact) mass is 1660 g/mol. The van der Waals surface area contributed by atoms with E-state index in [0.717, 1.165) is 0 Å². The number of aliphatic hydroxyl groups is 1. The summed E-state index contributed by atoms with van der Waals surface area (Å²) < 4.78 is 5.92. The number of aromatic amines is 2. The van der Waals surface area contributed by atoms with Crippen LogP contribution in [0.15, 0.2) is 107 Å². The largest absolute Gasteiger partial charge is 0.508 e. The fraction of sp³-hybridized carbons (Fsp3) is 0.416. The number of thiocarbonyl (C=S) groups is 1. The Labute approximate surface area is 680 Å². The van der Waals surface area contributed by atoms with Gasteiger partial charge in [-0.05, 0) is 142 Å². The number of imidazole rings is 1. The summed E-state index contributed by atoms with van der Waals surface area (Å²) in [6.45, 7) is 4.98. The molecule has 5 aromatic rings. The number of anilines is 1. The van der Waals surface area contributed by atoms with Crippen molar-refractivity contribution in [1.29, 1.82) is 0 Å². The van der Waals surface area contributed by atoms with Crippen LogP contribution in [-0.2, 0) is 75.2 Å². The van der Waals surface area contributed by atoms with Gasteiger partial charge in [-0.2, -0.15) is 11.8 Å². The molecule has 0 saturated heterocycles. The van der Waals surface area contributed by atoms with Gasteiger partial charge in [-0.25, -0.2) is 9.78 Å². The van der Waals surface area contributed by atoms with Crippen LogP contribution in [0.1, 0.15) is 101 Å². The zero-order chi connectivity index (χ0) is 85.7. The van der Waals surface area contributed by atoms with Crippen LogP contribution >= 0.6 is 24.0 Å². The van der Waals surface area contributed by atoms with Crippen LogP contribution in [0.4, 0.5) is 5.69 Å². The van der Waals surface area contributed by atoms with E-state index in [1.807, 2.05) is 20.1 Å². The first kappa shape index (κ1) is 91.6. The summed E-state index contributed by atoms with van der Waals surface area (Å²) in [4.78, 5) is 212. The Morgan fingerprint density at radius 1 is 0.598 bits per heavy atom. The van der Waals surface area contributed by atoms with E-state index in [2.05, 4.69) is 84.1 Å². The highest BCUT2D eigenvalue weighted by molar-refractivity contribution is 7.98. The summed E-state index contributed by atoms with van der Waals surface area (Å²) in [5, 5.41) is 65.0. The number of thioether (sulfide) groups is 1. The van der Waals surface area contributed by atoms with Crippen molar-refractivity contribution in [2.45, 2.75) is 147 Å². The highest BCUT2D eigenvalue weighted by atomic mass is 32.2. The molecule has 0 fully saturated rings. The van der Waals surface area contributed by atoms with Crippen LogP contribution in [0.25, 0.3) is 44.3 Å². The molecule has 2 aliphatic rings. The molecule has 628 valence electrons. The van der Waals surface area contributed by atoms with Crippen molar-refractivity contribution in [3.8, 4) is 28.2 Å². The maximum Gasteiger partial charge on any atom is 0.336 e. The first-order valence-corrected chi connectivity index (χ1v) is 39.3. The minimum Gasteiger partial charge on any atom is -0.508 e. The molecule has 24 N–H and O–H groups in total. The number of rotatable bonds is 45. The number of benzene rings is 4. The van der Waals surface area contributed by atoms with Gasteiger partial charge in [0.1, 0.15) is 71.5 Å². The number of carbonyl (C=O) groups excluding carboxylic acids is 13. The van der Waals surface area contributed by atoms with E-state index in [1.165, 1.54) is 79.7 Å². The van der Waals surface area contributed by atoms with Gasteiger partial charge < -0.3 is 116 Å². The third kappa shape index (κ3) is 27.6. The van der Waals surface area contributed by atoms with Crippen molar-refractivity contribution in [3.63, 3.8) is 0 Å². The van der Waals surface area contributed by atoms with Crippen molar-refractivity contribution in [3.05, 3.63) is 125 Å². The number of nitrogens with two attached hydrogens (primary N) is 3. The number of hydrogen-bond donors (Lipinski definition) is 21. The van der Waals surface area contributed by atoms with Crippen molar-refractivity contribution >= 4 is 139 Å². The second-order valence-corrected chi connectivity index (χ2v) is 29.7. The lowest BCUT2D eigenvalue weighted by atomic mass is 9.90. The van der Waals surface area contributed by atoms with Crippen molar-refractivity contribution < 1.29 is 86.9 Å². The molecule has 9 atom stereocenters. The Hall–Kier alpha value is -12.6. The lowest BCUT2D eigenvalue weighted by molar-refractivity contribution is -0.135. The number of unbranched alkanes of at least 4 members (excludes halogenated alkanes) is 1. The first-order valence-electron chi connectivity index (χ1n) is 37.5. The molecule has 0 spiro atoms. The normalized spacial score (nSPS) is 13.5. The highest BCUT2D eigenvalue weighted by Gasteiger charge is 2.35. The SMILES string of the molecule is CSCC[C@H](NC(=O)[C@H](CC(C)C)NC(=O)[C@H](Cc1c[nH]cn1)NC(=O)CNC(=O)[C@@H](NC(=O)[C@H](C)NC(=O)[C@H](Cc1c[nH]c2ccccc12)NC(=O)[C@H](CCC(N)=O)NC(=O)CNC(=O)[C@H](CO)NC(=O)CNC(=O)[C@H](CCCCN)NC(=S)Nc1ccc(-c2c3ccc(=O)cc-3oc3cc(O)ccc23)c(C(=O)O)c1)C(C)C)C(N)=O. The molecule has 40 heteroatoms. The smallest absolute Gasteiger partial charge is 0.336 e. The lowest BCUT2D eigenvalue weighted by Gasteiger charge is -2.26. The van der Waals surface area contributed by atoms with Crippen LogP contribution in [-0.4, -0.2) is 217 Å². The van der Waals surface area contributed by atoms with E-state index < -0.39 is 182 Å². The molecule has 2 aromatic heterocycles. The number of para-hydroxylation sites is 1. The van der Waals surface area contributed by atoms with Gasteiger partial charge in [0.05, 0.1) is 43.8 Å². The fourth-order valence-corrected chi connectivity index (χ4v) is 13.1. The number of nitrogens with zero attached hydrogens (tertiary/aromatic N) is 1. The van der Waals surface area contributed by atoms with Gasteiger partial charge in [0.25, 0.3) is 0 Å². The summed E-state index contributed by atoms with van der Waals surface area (Å²) in [7, 11) is 0. The van der Waals surface area contributed by atoms with Gasteiger partial charge in [0, 0.05) is 76.9 Å². The van der Waals surface area contributed by atoms with Gasteiger partial charge in [0.2, 0.25) is 76.8 Å². The van der Waals surface area contributed by atoms with Gasteiger partial charge in [-0.3, -0.25) is 67.1 Å². The van der Waals surface area contributed by atoms with E-state index in [4.69, 9.17) is 33.8 Å². The number of carbonyl (C=O) groups is 14. The number of nitrogens with one attached hydrogen (secondary N) is 15. The van der Waals surface area contributed by atoms with Gasteiger partial charge in [0.15, 0.2) is 10.5 Å². The Kier molecular flexibility index (Phi) is 34.7. The zero-order valence-electron chi connectivity index (χ0n) is 65.1. The first-order chi connectivity index (χ1) is 55.7. The van der Waals surface area contributed by atoms with Crippen LogP contribution in [0, 0.1) is 11.8 Å². The summed E-state index contributed by atoms with van der Waals surface area (Å²) in [6.07, 6.45) is 6.29. The molecule has 1 aliphatic heterocycles. The molecule has 38 nitrogen and oxygen atoms in total. The number of carboxylic acids is 1. The predicted molar refractivity (Wildman–Crippen MR) is 436 cm³/mol. The van der Waals surface area contributed by atoms with E-state index in [9.17, 15) is 87.2 Å². The van der Waals surface area contributed by atoms with Crippen LogP contribution in [0.3, 0.4) is 0 Å². The number of phenolic OH excluding ortho intramolecular Hbond substituents is 1. The molecule has 117 heavy (non-hydrogen) atoms. The van der Waals surface area contributed by atoms with Crippen molar-refractivity contribution in [2.75, 3.05) is 50.1 Å². The number of phenols is 1. The standard InChI is InChI=1S/C77H99N19O19S2/c1-38(2)25-55(73(110)92-52(67(80)104)22-24-117-6)93-74(111)57(28-43-32-81-37-86-43)90-63(102)35-85-75(112)66(39(3)4)96-68(105)40(5)87-72(109)56(26-41-31-82-51-12-8-7-11-46(41)51)94-71(108)54(20-21-61(79)100)89-62(101)33-84-70(107)58(36-97)91-64(103)34-83-69(106)53(13-9-10-23-78)95-77(116)88-42-14-17-47(50(27-42)76(113)114)65-48-18-15-44(98)29-59(48)115-60-30-45(99)16-19-49(60)65/h7-8,11-12,14-19,27,29-32,37-40,52-58,66,82,97-98H,9-10,13,20-26,28,33-36,78H2,1-6H3,(H2,79,100)(H2,80,104)(H,81,86)(H,83,106)(H,84,107)(H,85,112)(H,87,109)(H,89,101)(H,90,102)(H,91,103)(H,92,110)(H,93,111)(H,94,108)(H,96,105)(H,113,114)(H2,88,95,116)/t40-,52-,53-,54-,55-,56-,57-,58-,66-/m0/s1. The molecule has 0 radical (unpaired) electrons. The second-order valence-electron chi connectivity index (χ2n) is 28.3. The van der Waals surface area contributed by atoms with Crippen molar-refractivity contribution in [2.24, 2.45) is 29.0 Å². The van der Waals surface area contributed by atoms with E-state index >= 15 is 0 Å². The Balaban J connectivity index is 0.944. The molecule has 0 unspecified atom stereocenters. The molecule has 7 rings (SSSR count). The van der Waals surface area contributed by atoms with Crippen molar-refractivity contribution in [1.82, 2.24) is 78.8 Å². The minimum atomic E-state index is -1.72. The van der Waals surface area contributed by atoms with Crippen LogP contribution in [0.5, 0.6) is 5.75 Å². The molecular formula is C77H99N19O19S2. The third-order valence-corrected chi connectivity index (χ3v) is 19.3. The average Bonchev–Trinajstić information content (AvgIpc) is 1.16. The number of hydrogen-bond acceptors (Lipinski definition) is 22.